The van der Waals surface area contributed by atoms with E-state index in [0.29, 0.717) is 0 Å². The third kappa shape index (κ3) is 2.78. The average molecular weight is 386 g/mol. The smallest absolute Gasteiger partial charge is 0.346 e. The van der Waals surface area contributed by atoms with Gasteiger partial charge in [-0.05, 0) is 0 Å². The monoisotopic (exact) mass is 386 g/mol. The Bertz CT molecular complexity index is 921. The molecule has 0 radical (unpaired) electrons. The van der Waals surface area contributed by atoms with Crippen molar-refractivity contribution >= 4 is 22.7 Å². The number of benzene rings is 2. The number of nitrogen functional groups attached to an aromatic ring is 1. The quantitative estimate of drug-likeness (QED) is 0.207. The van der Waals surface area contributed by atoms with Gasteiger partial charge in [0.25, 0.3) is 0 Å². The van der Waals surface area contributed by atoms with Crippen molar-refractivity contribution in [1.29, 1.82) is 0 Å². The summed E-state index contributed by atoms with van der Waals surface area (Å²) in [6.45, 7) is 0. The molecule has 2 aromatic carbocycles. The van der Waals surface area contributed by atoms with Gasteiger partial charge in [0.15, 0.2) is 46.3 Å². The van der Waals surface area contributed by atoms with Crippen LogP contribution in [0.3, 0.4) is 0 Å². The van der Waals surface area contributed by atoms with Crippen molar-refractivity contribution in [2.45, 2.75) is 0 Å². The molecule has 2 rings (SSSR count). The number of hydrogen-bond acceptors (Lipinski definition) is 5. The Morgan fingerprint density at radius 2 is 0.962 bits per heavy atom. The second-order valence-corrected chi connectivity index (χ2v) is 4.43. The highest BCUT2D eigenvalue weighted by Crippen LogP contribution is 2.37. The molecule has 138 valence electrons. The first kappa shape index (κ1) is 19.0. The summed E-state index contributed by atoms with van der Waals surface area (Å²) in [4.78, 5) is 8.60. The summed E-state index contributed by atoms with van der Waals surface area (Å²) in [6, 6.07) is 0. The molecule has 2 aromatic rings. The van der Waals surface area contributed by atoms with Crippen LogP contribution in [0.15, 0.2) is 10.2 Å². The first-order valence-electron chi connectivity index (χ1n) is 6.04. The van der Waals surface area contributed by atoms with Crippen molar-refractivity contribution < 1.29 is 40.0 Å². The molecule has 0 amide bonds. The molecule has 0 aliphatic carbocycles. The van der Waals surface area contributed by atoms with Crippen LogP contribution in [0.4, 0.5) is 57.9 Å². The highest BCUT2D eigenvalue weighted by molar-refractivity contribution is 5.54. The van der Waals surface area contributed by atoms with Crippen molar-refractivity contribution in [3.05, 3.63) is 56.7 Å². The summed E-state index contributed by atoms with van der Waals surface area (Å²) in [6.07, 6.45) is 0. The lowest BCUT2D eigenvalue weighted by atomic mass is 10.2. The Morgan fingerprint density at radius 3 is 1.27 bits per heavy atom. The van der Waals surface area contributed by atoms with E-state index in [1.807, 2.05) is 0 Å². The molecule has 14 heteroatoms. The van der Waals surface area contributed by atoms with Crippen LogP contribution in [0.1, 0.15) is 0 Å². The van der Waals surface area contributed by atoms with Gasteiger partial charge in [0.05, 0.1) is 4.92 Å². The molecule has 0 aliphatic heterocycles. The Morgan fingerprint density at radius 1 is 0.654 bits per heavy atom. The highest BCUT2D eigenvalue weighted by Gasteiger charge is 2.33. The molecule has 0 atom stereocenters. The number of nitrogens with zero attached hydrogens (tertiary/aromatic N) is 3. The van der Waals surface area contributed by atoms with Crippen LogP contribution in [0.5, 0.6) is 0 Å². The number of nitro groups is 1. The van der Waals surface area contributed by atoms with Crippen molar-refractivity contribution in [3.63, 3.8) is 0 Å². The van der Waals surface area contributed by atoms with Crippen LogP contribution >= 0.6 is 0 Å². The molecule has 0 aliphatic rings. The lowest BCUT2D eigenvalue weighted by molar-refractivity contribution is -0.390. The Kier molecular flexibility index (Phi) is 4.77. The van der Waals surface area contributed by atoms with Crippen LogP contribution in [0.2, 0.25) is 0 Å². The molecule has 0 fully saturated rings. The van der Waals surface area contributed by atoms with Gasteiger partial charge >= 0.3 is 5.69 Å². The molecular weight excluding hydrogens is 384 g/mol. The van der Waals surface area contributed by atoms with E-state index in [1.54, 1.807) is 0 Å². The van der Waals surface area contributed by atoms with E-state index in [4.69, 9.17) is 5.73 Å². The summed E-state index contributed by atoms with van der Waals surface area (Å²) in [5.41, 5.74) is -2.88. The van der Waals surface area contributed by atoms with Gasteiger partial charge in [-0.25, -0.2) is 26.3 Å². The zero-order valence-corrected chi connectivity index (χ0v) is 11.8. The van der Waals surface area contributed by atoms with Crippen LogP contribution in [-0.4, -0.2) is 4.92 Å². The molecule has 2 N–H and O–H groups in total. The third-order valence-electron chi connectivity index (χ3n) is 2.92. The zero-order valence-electron chi connectivity index (χ0n) is 11.8. The lowest BCUT2D eigenvalue weighted by Crippen LogP contribution is -2.04. The molecule has 0 heterocycles. The molecule has 26 heavy (non-hydrogen) atoms. The summed E-state index contributed by atoms with van der Waals surface area (Å²) in [7, 11) is 0. The zero-order chi connectivity index (χ0) is 19.9. The SMILES string of the molecule is Nc1c(F)c(F)c(/N=N/c2c(F)c(F)c([N+](=O)[O-])c(F)c2F)c(F)c1F. The fourth-order valence-corrected chi connectivity index (χ4v) is 1.68. The number of nitro benzene ring substituents is 1. The predicted octanol–water partition coefficient (Wildman–Crippen LogP) is 4.71. The van der Waals surface area contributed by atoms with Crippen molar-refractivity contribution in [3.8, 4) is 0 Å². The van der Waals surface area contributed by atoms with Gasteiger partial charge in [0.1, 0.15) is 5.69 Å². The molecular formula is C12H2F8N4O2. The summed E-state index contributed by atoms with van der Waals surface area (Å²) in [5, 5.41) is 15.3. The van der Waals surface area contributed by atoms with Crippen LogP contribution in [0.25, 0.3) is 0 Å². The maximum absolute atomic E-state index is 13.6. The Hall–Kier alpha value is -3.32. The van der Waals surface area contributed by atoms with Crippen LogP contribution in [-0.2, 0) is 0 Å². The minimum Gasteiger partial charge on any atom is -0.394 e. The molecule has 0 saturated carbocycles. The summed E-state index contributed by atoms with van der Waals surface area (Å²) >= 11 is 0. The standard InChI is InChI=1S/C12H2F8N4O2/c13-1-3(15)10(4(16)2(14)9(1)21)22-23-11-5(17)7(19)12(24(25)26)8(20)6(11)18/h21H2/b23-22+. The summed E-state index contributed by atoms with van der Waals surface area (Å²) < 4.78 is 107. The minimum atomic E-state index is -2.49. The van der Waals surface area contributed by atoms with Gasteiger partial charge in [-0.3, -0.25) is 10.1 Å². The highest BCUT2D eigenvalue weighted by atomic mass is 19.2. The number of hydrogen-bond donors (Lipinski definition) is 1. The molecule has 0 aromatic heterocycles. The maximum Gasteiger partial charge on any atom is 0.346 e. The maximum atomic E-state index is 13.6. The minimum absolute atomic E-state index is 1.57. The van der Waals surface area contributed by atoms with E-state index in [2.05, 4.69) is 10.2 Å². The number of nitrogens with two attached hydrogens (primary N) is 1. The number of azo groups is 1. The number of rotatable bonds is 3. The van der Waals surface area contributed by atoms with E-state index in [0.717, 1.165) is 0 Å². The second-order valence-electron chi connectivity index (χ2n) is 4.43. The Labute approximate surface area is 136 Å². The van der Waals surface area contributed by atoms with E-state index < -0.39 is 74.2 Å². The number of anilines is 1. The topological polar surface area (TPSA) is 93.9 Å². The van der Waals surface area contributed by atoms with Crippen LogP contribution < -0.4 is 5.73 Å². The fourth-order valence-electron chi connectivity index (χ4n) is 1.68. The Balaban J connectivity index is 2.70. The molecule has 0 bridgehead atoms. The number of halogens is 8. The van der Waals surface area contributed by atoms with Gasteiger partial charge in [0, 0.05) is 0 Å². The molecule has 0 unspecified atom stereocenters. The van der Waals surface area contributed by atoms with Gasteiger partial charge in [-0.15, -0.1) is 10.2 Å². The third-order valence-corrected chi connectivity index (χ3v) is 2.92. The van der Waals surface area contributed by atoms with Crippen molar-refractivity contribution in [2.24, 2.45) is 10.2 Å². The molecule has 0 spiro atoms. The first-order chi connectivity index (χ1) is 12.0. The van der Waals surface area contributed by atoms with E-state index >= 15 is 0 Å². The lowest BCUT2D eigenvalue weighted by Gasteiger charge is -2.05. The van der Waals surface area contributed by atoms with E-state index in [1.165, 1.54) is 0 Å². The van der Waals surface area contributed by atoms with Gasteiger partial charge in [0.2, 0.25) is 11.6 Å². The molecule has 0 saturated heterocycles. The van der Waals surface area contributed by atoms with E-state index in [-0.39, 0.29) is 0 Å². The van der Waals surface area contributed by atoms with Gasteiger partial charge in [-0.1, -0.05) is 0 Å². The first-order valence-corrected chi connectivity index (χ1v) is 6.04. The second kappa shape index (κ2) is 6.53. The average Bonchev–Trinajstić information content (AvgIpc) is 2.58. The van der Waals surface area contributed by atoms with Crippen molar-refractivity contribution in [2.75, 3.05) is 5.73 Å². The summed E-state index contributed by atoms with van der Waals surface area (Å²) in [5.74, 6) is -18.5. The predicted molar refractivity (Wildman–Crippen MR) is 67.8 cm³/mol. The largest absolute Gasteiger partial charge is 0.394 e. The van der Waals surface area contributed by atoms with Crippen LogP contribution in [0, 0.1) is 56.7 Å². The van der Waals surface area contributed by atoms with Gasteiger partial charge in [-0.2, -0.15) is 8.78 Å². The van der Waals surface area contributed by atoms with E-state index in [9.17, 15) is 45.2 Å². The van der Waals surface area contributed by atoms with Gasteiger partial charge < -0.3 is 5.73 Å². The fraction of sp³-hybridized carbons (Fsp3) is 0. The molecule has 6 nitrogen and oxygen atoms in total. The normalized spacial score (nSPS) is 11.4. The van der Waals surface area contributed by atoms with Crippen molar-refractivity contribution in [1.82, 2.24) is 0 Å².